The van der Waals surface area contributed by atoms with Crippen molar-refractivity contribution in [3.63, 3.8) is 0 Å². The molecule has 0 radical (unpaired) electrons. The summed E-state index contributed by atoms with van der Waals surface area (Å²) >= 11 is 0. The number of hydrogen-bond acceptors (Lipinski definition) is 3. The third-order valence-corrected chi connectivity index (χ3v) is 4.67. The smallest absolute Gasteiger partial charge is 0.257 e. The van der Waals surface area contributed by atoms with E-state index in [1.807, 2.05) is 6.92 Å². The molecule has 0 saturated carbocycles. The number of hydrogen-bond donors (Lipinski definition) is 2. The van der Waals surface area contributed by atoms with Crippen LogP contribution in [-0.2, 0) is 16.4 Å². The van der Waals surface area contributed by atoms with E-state index in [4.69, 9.17) is 0 Å². The molecule has 1 aromatic heterocycles. The lowest BCUT2D eigenvalue weighted by Crippen LogP contribution is -2.29. The average Bonchev–Trinajstić information content (AvgIpc) is 2.88. The van der Waals surface area contributed by atoms with Crippen molar-refractivity contribution in [3.8, 4) is 0 Å². The van der Waals surface area contributed by atoms with Crippen molar-refractivity contribution in [3.05, 3.63) is 12.0 Å². The molecule has 2 N–H and O–H groups in total. The molecule has 1 unspecified atom stereocenters. The first-order valence-corrected chi connectivity index (χ1v) is 8.55. The summed E-state index contributed by atoms with van der Waals surface area (Å²) < 4.78 is 26.8. The van der Waals surface area contributed by atoms with Crippen LogP contribution in [0.4, 0.5) is 0 Å². The SMILES string of the molecule is CCCCC(CC)CNS(=O)(=O)c1cnc(CC)[nH]1. The highest BCUT2D eigenvalue weighted by Gasteiger charge is 2.18. The van der Waals surface area contributed by atoms with Crippen molar-refractivity contribution < 1.29 is 8.42 Å². The number of nitrogens with one attached hydrogen (secondary N) is 2. The van der Waals surface area contributed by atoms with Gasteiger partial charge in [0.1, 0.15) is 5.82 Å². The Hall–Kier alpha value is -0.880. The maximum absolute atomic E-state index is 12.1. The van der Waals surface area contributed by atoms with Crippen LogP contribution in [0, 0.1) is 5.92 Å². The van der Waals surface area contributed by atoms with Gasteiger partial charge < -0.3 is 4.98 Å². The molecule has 0 bridgehead atoms. The normalized spacial score (nSPS) is 13.6. The van der Waals surface area contributed by atoms with Crippen LogP contribution >= 0.6 is 0 Å². The number of aromatic nitrogens is 2. The van der Waals surface area contributed by atoms with Gasteiger partial charge in [0.15, 0.2) is 5.03 Å². The predicted molar refractivity (Wildman–Crippen MR) is 76.5 cm³/mol. The van der Waals surface area contributed by atoms with E-state index in [9.17, 15) is 8.42 Å². The lowest BCUT2D eigenvalue weighted by molar-refractivity contribution is 0.443. The summed E-state index contributed by atoms with van der Waals surface area (Å²) in [6, 6.07) is 0. The summed E-state index contributed by atoms with van der Waals surface area (Å²) in [4.78, 5) is 6.85. The monoisotopic (exact) mass is 287 g/mol. The van der Waals surface area contributed by atoms with Crippen LogP contribution in [0.25, 0.3) is 0 Å². The number of imidazole rings is 1. The van der Waals surface area contributed by atoms with Gasteiger partial charge in [-0.2, -0.15) is 0 Å². The highest BCUT2D eigenvalue weighted by Crippen LogP contribution is 2.13. The van der Waals surface area contributed by atoms with E-state index in [-0.39, 0.29) is 5.03 Å². The molecule has 1 atom stereocenters. The van der Waals surface area contributed by atoms with E-state index in [2.05, 4.69) is 28.5 Å². The highest BCUT2D eigenvalue weighted by atomic mass is 32.2. The van der Waals surface area contributed by atoms with Gasteiger partial charge in [-0.3, -0.25) is 0 Å². The zero-order chi connectivity index (χ0) is 14.3. The van der Waals surface area contributed by atoms with Gasteiger partial charge in [0.05, 0.1) is 6.20 Å². The van der Waals surface area contributed by atoms with Gasteiger partial charge >= 0.3 is 0 Å². The molecule has 0 aliphatic rings. The number of H-pyrrole nitrogens is 1. The minimum atomic E-state index is -3.45. The first-order chi connectivity index (χ1) is 9.03. The molecular weight excluding hydrogens is 262 g/mol. The van der Waals surface area contributed by atoms with Gasteiger partial charge in [-0.1, -0.05) is 40.0 Å². The van der Waals surface area contributed by atoms with Crippen LogP contribution in [0.1, 0.15) is 52.3 Å². The summed E-state index contributed by atoms with van der Waals surface area (Å²) in [6.45, 7) is 6.67. The molecule has 1 aromatic rings. The summed E-state index contributed by atoms with van der Waals surface area (Å²) in [6.07, 6.45) is 6.43. The van der Waals surface area contributed by atoms with Crippen LogP contribution in [0.3, 0.4) is 0 Å². The molecule has 0 amide bonds. The summed E-state index contributed by atoms with van der Waals surface area (Å²) in [7, 11) is -3.45. The van der Waals surface area contributed by atoms with Gasteiger partial charge in [-0.25, -0.2) is 18.1 Å². The Labute approximate surface area is 116 Å². The second-order valence-corrected chi connectivity index (χ2v) is 6.55. The molecule has 0 saturated heterocycles. The summed E-state index contributed by atoms with van der Waals surface area (Å²) in [5.41, 5.74) is 0. The van der Waals surface area contributed by atoms with E-state index in [0.29, 0.717) is 24.7 Å². The highest BCUT2D eigenvalue weighted by molar-refractivity contribution is 7.89. The molecule has 110 valence electrons. The van der Waals surface area contributed by atoms with Crippen LogP contribution < -0.4 is 4.72 Å². The van der Waals surface area contributed by atoms with E-state index < -0.39 is 10.0 Å². The zero-order valence-corrected chi connectivity index (χ0v) is 12.9. The second kappa shape index (κ2) is 7.65. The van der Waals surface area contributed by atoms with Gasteiger partial charge in [-0.05, 0) is 12.3 Å². The zero-order valence-electron chi connectivity index (χ0n) is 12.1. The minimum absolute atomic E-state index is 0.162. The number of sulfonamides is 1. The Kier molecular flexibility index (Phi) is 6.51. The van der Waals surface area contributed by atoms with Crippen LogP contribution in [0.15, 0.2) is 11.2 Å². The first kappa shape index (κ1) is 16.2. The molecule has 0 aliphatic carbocycles. The average molecular weight is 287 g/mol. The Morgan fingerprint density at radius 3 is 2.63 bits per heavy atom. The lowest BCUT2D eigenvalue weighted by atomic mass is 10.00. The van der Waals surface area contributed by atoms with Crippen LogP contribution in [0.2, 0.25) is 0 Å². The maximum Gasteiger partial charge on any atom is 0.257 e. The molecule has 0 aromatic carbocycles. The summed E-state index contributed by atoms with van der Waals surface area (Å²) in [5.74, 6) is 1.10. The number of aryl methyl sites for hydroxylation is 1. The summed E-state index contributed by atoms with van der Waals surface area (Å²) in [5, 5.41) is 0.162. The van der Waals surface area contributed by atoms with Crippen molar-refractivity contribution in [2.45, 2.75) is 57.9 Å². The van der Waals surface area contributed by atoms with Crippen molar-refractivity contribution in [1.82, 2.24) is 14.7 Å². The van der Waals surface area contributed by atoms with E-state index in [1.165, 1.54) is 6.20 Å². The topological polar surface area (TPSA) is 74.8 Å². The van der Waals surface area contributed by atoms with E-state index >= 15 is 0 Å². The van der Waals surface area contributed by atoms with Crippen molar-refractivity contribution in [2.24, 2.45) is 5.92 Å². The standard InChI is InChI=1S/C13H25N3O2S/c1-4-7-8-11(5-2)9-15-19(17,18)13-10-14-12(6-3)16-13/h10-11,15H,4-9H2,1-3H3,(H,14,16). The first-order valence-electron chi connectivity index (χ1n) is 7.07. The Bertz CT molecular complexity index is 468. The molecule has 0 fully saturated rings. The Morgan fingerprint density at radius 1 is 1.37 bits per heavy atom. The second-order valence-electron chi connectivity index (χ2n) is 4.82. The number of rotatable bonds is 9. The van der Waals surface area contributed by atoms with E-state index in [0.717, 1.165) is 25.7 Å². The van der Waals surface area contributed by atoms with Crippen molar-refractivity contribution in [1.29, 1.82) is 0 Å². The Balaban J connectivity index is 2.59. The lowest BCUT2D eigenvalue weighted by Gasteiger charge is -2.14. The van der Waals surface area contributed by atoms with Crippen molar-refractivity contribution >= 4 is 10.0 Å². The largest absolute Gasteiger partial charge is 0.332 e. The number of unbranched alkanes of at least 4 members (excludes halogenated alkanes) is 1. The molecule has 6 heteroatoms. The number of aromatic amines is 1. The van der Waals surface area contributed by atoms with Gasteiger partial charge in [0, 0.05) is 13.0 Å². The molecule has 1 rings (SSSR count). The fourth-order valence-corrected chi connectivity index (χ4v) is 2.96. The van der Waals surface area contributed by atoms with Gasteiger partial charge in [0.2, 0.25) is 0 Å². The maximum atomic E-state index is 12.1. The molecule has 19 heavy (non-hydrogen) atoms. The van der Waals surface area contributed by atoms with E-state index in [1.54, 1.807) is 0 Å². The molecular formula is C13H25N3O2S. The quantitative estimate of drug-likeness (QED) is 0.732. The van der Waals surface area contributed by atoms with Crippen LogP contribution in [0.5, 0.6) is 0 Å². The van der Waals surface area contributed by atoms with Crippen molar-refractivity contribution in [2.75, 3.05) is 6.54 Å². The number of nitrogens with zero attached hydrogens (tertiary/aromatic N) is 1. The molecule has 5 nitrogen and oxygen atoms in total. The molecule has 1 heterocycles. The molecule has 0 aliphatic heterocycles. The fraction of sp³-hybridized carbons (Fsp3) is 0.769. The fourth-order valence-electron chi connectivity index (χ4n) is 1.91. The van der Waals surface area contributed by atoms with Gasteiger partial charge in [0.25, 0.3) is 10.0 Å². The minimum Gasteiger partial charge on any atom is -0.332 e. The molecule has 0 spiro atoms. The predicted octanol–water partition coefficient (Wildman–Crippen LogP) is 2.47. The van der Waals surface area contributed by atoms with Crippen LogP contribution in [-0.4, -0.2) is 24.9 Å². The van der Waals surface area contributed by atoms with Gasteiger partial charge in [-0.15, -0.1) is 0 Å². The third kappa shape index (κ3) is 4.95. The third-order valence-electron chi connectivity index (χ3n) is 3.33. The Morgan fingerprint density at radius 2 is 2.11 bits per heavy atom.